The number of aliphatic hydroxyl groups excluding tert-OH is 1. The van der Waals surface area contributed by atoms with Gasteiger partial charge in [-0.25, -0.2) is 0 Å². The fourth-order valence-corrected chi connectivity index (χ4v) is 1.90. The highest BCUT2D eigenvalue weighted by molar-refractivity contribution is 5.67. The zero-order chi connectivity index (χ0) is 16.5. The molecule has 0 saturated carbocycles. The Morgan fingerprint density at radius 1 is 0.909 bits per heavy atom. The summed E-state index contributed by atoms with van der Waals surface area (Å²) in [6, 6.07) is 4.48. The number of pyridine rings is 1. The molecule has 1 aromatic carbocycles. The quantitative estimate of drug-likeness (QED) is 0.838. The molecule has 118 valence electrons. The lowest BCUT2D eigenvalue weighted by molar-refractivity contribution is -0.141. The third-order valence-electron chi connectivity index (χ3n) is 2.97. The van der Waals surface area contributed by atoms with Crippen LogP contribution in [0, 0.1) is 0 Å². The summed E-state index contributed by atoms with van der Waals surface area (Å²) in [6.07, 6.45) is -8.26. The molecule has 0 radical (unpaired) electrons. The van der Waals surface area contributed by atoms with Gasteiger partial charge in [-0.3, -0.25) is 4.98 Å². The number of rotatable bonds is 2. The molecule has 0 bridgehead atoms. The molecule has 0 fully saturated rings. The summed E-state index contributed by atoms with van der Waals surface area (Å²) < 4.78 is 75.1. The van der Waals surface area contributed by atoms with Crippen LogP contribution in [0.4, 0.5) is 26.3 Å². The standard InChI is InChI=1S/C14H9F6NO/c15-13(16,17)10-2-3-11(9(5-10)7-22)8-1-4-12(21-6-8)14(18,19)20/h1-6,22H,7H2. The summed E-state index contributed by atoms with van der Waals surface area (Å²) >= 11 is 0. The number of benzene rings is 1. The van der Waals surface area contributed by atoms with Crippen molar-refractivity contribution >= 4 is 0 Å². The van der Waals surface area contributed by atoms with E-state index >= 15 is 0 Å². The SMILES string of the molecule is OCc1cc(C(F)(F)F)ccc1-c1ccc(C(F)(F)F)nc1. The smallest absolute Gasteiger partial charge is 0.392 e. The topological polar surface area (TPSA) is 33.1 Å². The van der Waals surface area contributed by atoms with Crippen molar-refractivity contribution in [1.29, 1.82) is 0 Å². The Labute approximate surface area is 121 Å². The summed E-state index contributed by atoms with van der Waals surface area (Å²) in [4.78, 5) is 3.24. The van der Waals surface area contributed by atoms with Crippen LogP contribution < -0.4 is 0 Å². The maximum Gasteiger partial charge on any atom is 0.433 e. The van der Waals surface area contributed by atoms with Gasteiger partial charge in [-0.2, -0.15) is 26.3 Å². The van der Waals surface area contributed by atoms with E-state index in [-0.39, 0.29) is 16.7 Å². The molecule has 0 atom stereocenters. The van der Waals surface area contributed by atoms with Crippen molar-refractivity contribution < 1.29 is 31.4 Å². The molecule has 0 spiro atoms. The van der Waals surface area contributed by atoms with Gasteiger partial charge in [0.15, 0.2) is 0 Å². The molecule has 22 heavy (non-hydrogen) atoms. The zero-order valence-electron chi connectivity index (χ0n) is 10.8. The zero-order valence-corrected chi connectivity index (χ0v) is 10.8. The molecule has 2 rings (SSSR count). The Bertz CT molecular complexity index is 661. The second-order valence-corrected chi connectivity index (χ2v) is 4.46. The van der Waals surface area contributed by atoms with Crippen LogP contribution in [0.15, 0.2) is 36.5 Å². The van der Waals surface area contributed by atoms with Gasteiger partial charge in [0.1, 0.15) is 5.69 Å². The molecule has 8 heteroatoms. The number of alkyl halides is 6. The van der Waals surface area contributed by atoms with Crippen molar-refractivity contribution in [3.63, 3.8) is 0 Å². The first-order chi connectivity index (χ1) is 10.1. The van der Waals surface area contributed by atoms with Crippen LogP contribution in [0.1, 0.15) is 16.8 Å². The van der Waals surface area contributed by atoms with Crippen LogP contribution >= 0.6 is 0 Å². The van der Waals surface area contributed by atoms with E-state index in [0.29, 0.717) is 0 Å². The number of aliphatic hydroxyl groups is 1. The van der Waals surface area contributed by atoms with Crippen molar-refractivity contribution in [3.8, 4) is 11.1 Å². The Balaban J connectivity index is 2.44. The summed E-state index contributed by atoms with van der Waals surface area (Å²) in [5.74, 6) is 0. The van der Waals surface area contributed by atoms with Crippen LogP contribution in [0.25, 0.3) is 11.1 Å². The Hall–Kier alpha value is -2.09. The molecule has 0 amide bonds. The highest BCUT2D eigenvalue weighted by Gasteiger charge is 2.33. The van der Waals surface area contributed by atoms with Crippen LogP contribution in [-0.2, 0) is 19.0 Å². The molecule has 0 saturated heterocycles. The lowest BCUT2D eigenvalue weighted by atomic mass is 9.98. The Morgan fingerprint density at radius 2 is 1.59 bits per heavy atom. The molecule has 1 N–H and O–H groups in total. The van der Waals surface area contributed by atoms with Crippen LogP contribution in [-0.4, -0.2) is 10.1 Å². The first kappa shape index (κ1) is 16.3. The molecule has 2 nitrogen and oxygen atoms in total. The van der Waals surface area contributed by atoms with E-state index in [1.807, 2.05) is 0 Å². The fourth-order valence-electron chi connectivity index (χ4n) is 1.90. The molecule has 1 aromatic heterocycles. The van der Waals surface area contributed by atoms with E-state index in [9.17, 15) is 31.4 Å². The third kappa shape index (κ3) is 3.38. The van der Waals surface area contributed by atoms with E-state index in [0.717, 1.165) is 36.5 Å². The predicted octanol–water partition coefficient (Wildman–Crippen LogP) is 4.28. The average molecular weight is 321 g/mol. The number of aromatic nitrogens is 1. The van der Waals surface area contributed by atoms with Gasteiger partial charge in [-0.1, -0.05) is 12.1 Å². The molecule has 0 unspecified atom stereocenters. The lowest BCUT2D eigenvalue weighted by Gasteiger charge is -2.13. The number of halogens is 6. The summed E-state index contributed by atoms with van der Waals surface area (Å²) in [5.41, 5.74) is -1.72. The number of hydrogen-bond donors (Lipinski definition) is 1. The van der Waals surface area contributed by atoms with E-state index in [1.165, 1.54) is 0 Å². The molecule has 1 heterocycles. The highest BCUT2D eigenvalue weighted by Crippen LogP contribution is 2.34. The van der Waals surface area contributed by atoms with Gasteiger partial charge in [0.25, 0.3) is 0 Å². The van der Waals surface area contributed by atoms with E-state index in [2.05, 4.69) is 4.98 Å². The lowest BCUT2D eigenvalue weighted by Crippen LogP contribution is -2.08. The summed E-state index contributed by atoms with van der Waals surface area (Å²) in [5, 5.41) is 9.19. The number of hydrogen-bond acceptors (Lipinski definition) is 2. The maximum absolute atomic E-state index is 12.6. The second kappa shape index (κ2) is 5.60. The first-order valence-electron chi connectivity index (χ1n) is 5.97. The van der Waals surface area contributed by atoms with E-state index in [1.54, 1.807) is 0 Å². The molecule has 2 aromatic rings. The molecule has 0 aliphatic rings. The fraction of sp³-hybridized carbons (Fsp3) is 0.214. The largest absolute Gasteiger partial charge is 0.433 e. The van der Waals surface area contributed by atoms with Crippen molar-refractivity contribution in [2.24, 2.45) is 0 Å². The first-order valence-corrected chi connectivity index (χ1v) is 5.97. The minimum atomic E-state index is -4.60. The van der Waals surface area contributed by atoms with Gasteiger partial charge in [-0.15, -0.1) is 0 Å². The van der Waals surface area contributed by atoms with Gasteiger partial charge in [0, 0.05) is 11.8 Å². The van der Waals surface area contributed by atoms with Crippen molar-refractivity contribution in [2.45, 2.75) is 19.0 Å². The minimum Gasteiger partial charge on any atom is -0.392 e. The van der Waals surface area contributed by atoms with E-state index in [4.69, 9.17) is 0 Å². The van der Waals surface area contributed by atoms with Gasteiger partial charge in [0.2, 0.25) is 0 Å². The Morgan fingerprint density at radius 3 is 2.05 bits per heavy atom. The molecule has 0 aliphatic heterocycles. The predicted molar refractivity (Wildman–Crippen MR) is 65.6 cm³/mol. The van der Waals surface area contributed by atoms with Crippen molar-refractivity contribution in [1.82, 2.24) is 4.98 Å². The van der Waals surface area contributed by atoms with Crippen LogP contribution in [0.5, 0.6) is 0 Å². The summed E-state index contributed by atoms with van der Waals surface area (Å²) in [6.45, 7) is -0.680. The molecule has 0 aliphatic carbocycles. The second-order valence-electron chi connectivity index (χ2n) is 4.46. The maximum atomic E-state index is 12.6. The monoisotopic (exact) mass is 321 g/mol. The third-order valence-corrected chi connectivity index (χ3v) is 2.97. The Kier molecular flexibility index (Phi) is 4.15. The normalized spacial score (nSPS) is 12.5. The van der Waals surface area contributed by atoms with Crippen LogP contribution in [0.3, 0.4) is 0 Å². The van der Waals surface area contributed by atoms with Gasteiger partial charge in [-0.05, 0) is 29.3 Å². The van der Waals surface area contributed by atoms with Crippen molar-refractivity contribution in [3.05, 3.63) is 53.3 Å². The minimum absolute atomic E-state index is 0.0450. The van der Waals surface area contributed by atoms with Gasteiger partial charge < -0.3 is 5.11 Å². The van der Waals surface area contributed by atoms with Gasteiger partial charge >= 0.3 is 12.4 Å². The molecular weight excluding hydrogens is 312 g/mol. The van der Waals surface area contributed by atoms with Crippen molar-refractivity contribution in [2.75, 3.05) is 0 Å². The van der Waals surface area contributed by atoms with E-state index < -0.39 is 30.2 Å². The highest BCUT2D eigenvalue weighted by atomic mass is 19.4. The molecular formula is C14H9F6NO. The summed E-state index contributed by atoms with van der Waals surface area (Å²) in [7, 11) is 0. The number of nitrogens with zero attached hydrogens (tertiary/aromatic N) is 1. The van der Waals surface area contributed by atoms with Crippen LogP contribution in [0.2, 0.25) is 0 Å². The average Bonchev–Trinajstić information content (AvgIpc) is 2.45. The van der Waals surface area contributed by atoms with Gasteiger partial charge in [0.05, 0.1) is 12.2 Å².